The third-order valence-electron chi connectivity index (χ3n) is 6.34. The third kappa shape index (κ3) is 4.28. The maximum absolute atomic E-state index is 14.9. The van der Waals surface area contributed by atoms with Crippen molar-refractivity contribution in [3.05, 3.63) is 34.6 Å². The number of imidazole rings is 1. The molecular weight excluding hydrogens is 499 g/mol. The Morgan fingerprint density at radius 2 is 2.03 bits per heavy atom. The van der Waals surface area contributed by atoms with Gasteiger partial charge in [0.05, 0.1) is 42.0 Å². The first-order chi connectivity index (χ1) is 17.5. The number of hydrogen-bond acceptors (Lipinski definition) is 10. The number of rotatable bonds is 8. The lowest BCUT2D eigenvalue weighted by Crippen LogP contribution is -2.34. The minimum atomic E-state index is -0.669. The van der Waals surface area contributed by atoms with Gasteiger partial charge in [-0.25, -0.2) is 9.37 Å². The highest BCUT2D eigenvalue weighted by atomic mass is 35.5. The lowest BCUT2D eigenvalue weighted by atomic mass is 10.1. The number of nitrogens with zero attached hydrogens (tertiary/aromatic N) is 2. The summed E-state index contributed by atoms with van der Waals surface area (Å²) in [7, 11) is 1.56. The van der Waals surface area contributed by atoms with Gasteiger partial charge in [0.1, 0.15) is 54.7 Å². The van der Waals surface area contributed by atoms with Gasteiger partial charge in [0.2, 0.25) is 0 Å². The molecule has 3 aliphatic heterocycles. The molecule has 1 aromatic carbocycles. The molecule has 13 heteroatoms. The number of hydrogen-bond donors (Lipinski definition) is 3. The summed E-state index contributed by atoms with van der Waals surface area (Å²) in [6.45, 7) is 1.36. The van der Waals surface area contributed by atoms with E-state index in [-0.39, 0.29) is 31.9 Å². The number of aliphatic hydroxyl groups excluding tert-OH is 1. The van der Waals surface area contributed by atoms with Gasteiger partial charge in [0.25, 0.3) is 6.01 Å². The van der Waals surface area contributed by atoms with Gasteiger partial charge in [-0.1, -0.05) is 11.6 Å². The Morgan fingerprint density at radius 3 is 2.89 bits per heavy atom. The zero-order valence-electron chi connectivity index (χ0n) is 19.2. The van der Waals surface area contributed by atoms with Gasteiger partial charge in [-0.3, -0.25) is 0 Å². The van der Waals surface area contributed by atoms with Crippen molar-refractivity contribution in [1.82, 2.24) is 15.0 Å². The summed E-state index contributed by atoms with van der Waals surface area (Å²) in [6.07, 6.45) is -1.87. The summed E-state index contributed by atoms with van der Waals surface area (Å²) in [5, 5.41) is 13.4. The zero-order valence-corrected chi connectivity index (χ0v) is 20.0. The number of fused-ring (bicyclic) bond motifs is 3. The first-order valence-corrected chi connectivity index (χ1v) is 11.9. The molecule has 36 heavy (non-hydrogen) atoms. The van der Waals surface area contributed by atoms with Crippen molar-refractivity contribution in [2.75, 3.05) is 45.5 Å². The Labute approximate surface area is 209 Å². The van der Waals surface area contributed by atoms with Crippen LogP contribution >= 0.6 is 11.6 Å². The Morgan fingerprint density at radius 1 is 1.17 bits per heavy atom. The molecule has 2 aromatic heterocycles. The van der Waals surface area contributed by atoms with Gasteiger partial charge in [-0.05, 0) is 6.07 Å². The Kier molecular flexibility index (Phi) is 6.21. The number of pyridine rings is 1. The molecule has 0 spiro atoms. The fourth-order valence-corrected chi connectivity index (χ4v) is 4.84. The summed E-state index contributed by atoms with van der Waals surface area (Å²) >= 11 is 6.47. The molecule has 0 saturated carbocycles. The van der Waals surface area contributed by atoms with Crippen molar-refractivity contribution in [2.24, 2.45) is 0 Å². The number of methoxy groups -OCH3 is 1. The third-order valence-corrected chi connectivity index (χ3v) is 6.62. The summed E-state index contributed by atoms with van der Waals surface area (Å²) in [4.78, 5) is 11.9. The van der Waals surface area contributed by atoms with Crippen LogP contribution in [0.3, 0.4) is 0 Å². The first kappa shape index (κ1) is 23.5. The van der Waals surface area contributed by atoms with E-state index in [2.05, 4.69) is 20.3 Å². The van der Waals surface area contributed by atoms with Gasteiger partial charge in [0.15, 0.2) is 11.8 Å². The molecule has 0 radical (unpaired) electrons. The standard InChI is InChI=1S/C23H24ClFN4O7/c1-31-2-3-32-10-4-12(25)18-14(7-33-16(18)5-10)26-21-11(24)6-13-22(28-21)29-23(27-13)36-17-9-35-19-15(30)8-34-20(17)19/h4-6,14-15,17,19-20,30H,2-3,7-9H2,1H3,(H2,26,27,28,29)/t14?,15-,17-,19?,20?/m1/s1. The zero-order chi connectivity index (χ0) is 24.8. The minimum absolute atomic E-state index is 0.189. The van der Waals surface area contributed by atoms with Crippen LogP contribution in [0.1, 0.15) is 11.6 Å². The Balaban J connectivity index is 1.18. The molecule has 5 heterocycles. The second-order valence-electron chi connectivity index (χ2n) is 8.72. The molecule has 3 aliphatic rings. The number of aromatic amines is 1. The smallest absolute Gasteiger partial charge is 0.296 e. The summed E-state index contributed by atoms with van der Waals surface area (Å²) in [5.41, 5.74) is 1.30. The highest BCUT2D eigenvalue weighted by Crippen LogP contribution is 2.40. The van der Waals surface area contributed by atoms with Crippen LogP contribution in [0.25, 0.3) is 11.2 Å². The van der Waals surface area contributed by atoms with E-state index in [0.717, 1.165) is 0 Å². The highest BCUT2D eigenvalue weighted by molar-refractivity contribution is 6.33. The number of aromatic nitrogens is 3. The topological polar surface area (TPSA) is 129 Å². The number of aliphatic hydroxyl groups is 1. The lowest BCUT2D eigenvalue weighted by Gasteiger charge is -2.15. The van der Waals surface area contributed by atoms with Crippen LogP contribution in [0, 0.1) is 5.82 Å². The number of ether oxygens (including phenoxy) is 6. The Bertz CT molecular complexity index is 1280. The average Bonchev–Trinajstić information content (AvgIpc) is 3.61. The van der Waals surface area contributed by atoms with E-state index in [1.54, 1.807) is 19.2 Å². The molecule has 3 unspecified atom stereocenters. The van der Waals surface area contributed by atoms with E-state index in [4.69, 9.17) is 40.0 Å². The van der Waals surface area contributed by atoms with Crippen LogP contribution in [-0.4, -0.2) is 84.6 Å². The fraction of sp³-hybridized carbons (Fsp3) is 0.478. The van der Waals surface area contributed by atoms with E-state index >= 15 is 0 Å². The number of halogens is 2. The number of H-pyrrole nitrogens is 1. The molecule has 3 N–H and O–H groups in total. The highest BCUT2D eigenvalue weighted by Gasteiger charge is 2.48. The molecule has 2 saturated heterocycles. The van der Waals surface area contributed by atoms with E-state index < -0.39 is 30.2 Å². The summed E-state index contributed by atoms with van der Waals surface area (Å²) < 4.78 is 48.2. The van der Waals surface area contributed by atoms with Gasteiger partial charge in [0, 0.05) is 19.2 Å². The van der Waals surface area contributed by atoms with Gasteiger partial charge < -0.3 is 43.8 Å². The lowest BCUT2D eigenvalue weighted by molar-refractivity contribution is 0.00706. The molecule has 2 fully saturated rings. The SMILES string of the molecule is COCCOc1cc(F)c2c(c1)OCC2Nc1nc2nc(O[C@@H]3COC4C3OC[C@H]4O)[nH]c2cc1Cl. The second-order valence-corrected chi connectivity index (χ2v) is 9.12. The van der Waals surface area contributed by atoms with Gasteiger partial charge >= 0.3 is 0 Å². The average molecular weight is 523 g/mol. The first-order valence-electron chi connectivity index (χ1n) is 11.5. The number of nitrogens with one attached hydrogen (secondary N) is 2. The van der Waals surface area contributed by atoms with Crippen molar-refractivity contribution >= 4 is 28.6 Å². The number of benzene rings is 1. The predicted octanol–water partition coefficient (Wildman–Crippen LogP) is 2.23. The van der Waals surface area contributed by atoms with Crippen LogP contribution in [0.2, 0.25) is 5.02 Å². The molecule has 0 bridgehead atoms. The van der Waals surface area contributed by atoms with Crippen LogP contribution in [0.15, 0.2) is 18.2 Å². The second kappa shape index (κ2) is 9.52. The van der Waals surface area contributed by atoms with E-state index in [1.807, 2.05) is 0 Å². The minimum Gasteiger partial charge on any atom is -0.491 e. The maximum atomic E-state index is 14.9. The van der Waals surface area contributed by atoms with Crippen molar-refractivity contribution in [2.45, 2.75) is 30.5 Å². The monoisotopic (exact) mass is 522 g/mol. The quantitative estimate of drug-likeness (QED) is 0.379. The molecule has 192 valence electrons. The van der Waals surface area contributed by atoms with E-state index in [9.17, 15) is 9.50 Å². The summed E-state index contributed by atoms with van der Waals surface area (Å²) in [5.74, 6) is 0.625. The predicted molar refractivity (Wildman–Crippen MR) is 124 cm³/mol. The van der Waals surface area contributed by atoms with Crippen LogP contribution in [0.5, 0.6) is 17.5 Å². The van der Waals surface area contributed by atoms with Crippen LogP contribution in [-0.2, 0) is 14.2 Å². The van der Waals surface area contributed by atoms with Gasteiger partial charge in [-0.2, -0.15) is 4.98 Å². The number of anilines is 1. The maximum Gasteiger partial charge on any atom is 0.296 e. The van der Waals surface area contributed by atoms with E-state index in [0.29, 0.717) is 52.3 Å². The van der Waals surface area contributed by atoms with Gasteiger partial charge in [-0.15, -0.1) is 0 Å². The molecule has 5 atom stereocenters. The fourth-order valence-electron chi connectivity index (χ4n) is 4.63. The molecule has 11 nitrogen and oxygen atoms in total. The van der Waals surface area contributed by atoms with Crippen molar-refractivity contribution < 1.29 is 37.9 Å². The van der Waals surface area contributed by atoms with Crippen molar-refractivity contribution in [3.63, 3.8) is 0 Å². The van der Waals surface area contributed by atoms with Crippen molar-refractivity contribution in [3.8, 4) is 17.5 Å². The molecule has 0 amide bonds. The largest absolute Gasteiger partial charge is 0.491 e. The normalized spacial score (nSPS) is 26.6. The summed E-state index contributed by atoms with van der Waals surface area (Å²) in [6, 6.07) is 4.35. The molecule has 6 rings (SSSR count). The van der Waals surface area contributed by atoms with E-state index in [1.165, 1.54) is 6.07 Å². The molecule has 3 aromatic rings. The van der Waals surface area contributed by atoms with Crippen LogP contribution in [0.4, 0.5) is 10.2 Å². The Hall–Kier alpha value is -2.90. The molecular formula is C23H24ClFN4O7. The molecule has 0 aliphatic carbocycles. The van der Waals surface area contributed by atoms with Crippen LogP contribution < -0.4 is 19.5 Å². The van der Waals surface area contributed by atoms with Crippen molar-refractivity contribution in [1.29, 1.82) is 0 Å².